The first-order chi connectivity index (χ1) is 8.29. The normalized spacial score (nSPS) is 10.0. The summed E-state index contributed by atoms with van der Waals surface area (Å²) >= 11 is 0. The van der Waals surface area contributed by atoms with Crippen molar-refractivity contribution in [3.05, 3.63) is 48.2 Å². The summed E-state index contributed by atoms with van der Waals surface area (Å²) in [7, 11) is 1.76. The van der Waals surface area contributed by atoms with Gasteiger partial charge < -0.3 is 10.1 Å². The molecule has 0 aliphatic heterocycles. The minimum Gasteiger partial charge on any atom is -0.484 e. The highest BCUT2D eigenvalue weighted by Crippen LogP contribution is 2.16. The zero-order valence-corrected chi connectivity index (χ0v) is 9.35. The van der Waals surface area contributed by atoms with Gasteiger partial charge in [-0.2, -0.15) is 0 Å². The van der Waals surface area contributed by atoms with E-state index in [-0.39, 0.29) is 18.2 Å². The van der Waals surface area contributed by atoms with Gasteiger partial charge in [0.1, 0.15) is 12.4 Å². The minimum atomic E-state index is -0.382. The first-order valence-corrected chi connectivity index (χ1v) is 5.15. The summed E-state index contributed by atoms with van der Waals surface area (Å²) in [6.45, 7) is 0.192. The number of halogens is 1. The largest absolute Gasteiger partial charge is 0.484 e. The van der Waals surface area contributed by atoms with Gasteiger partial charge in [0.2, 0.25) is 0 Å². The smallest absolute Gasteiger partial charge is 0.165 e. The molecular formula is C12H12FN3O. The maximum Gasteiger partial charge on any atom is 0.165 e. The summed E-state index contributed by atoms with van der Waals surface area (Å²) in [4.78, 5) is 8.21. The Morgan fingerprint density at radius 3 is 2.71 bits per heavy atom. The Morgan fingerprint density at radius 1 is 1.24 bits per heavy atom. The lowest BCUT2D eigenvalue weighted by Crippen LogP contribution is -2.01. The lowest BCUT2D eigenvalue weighted by atomic mass is 10.3. The van der Waals surface area contributed by atoms with Gasteiger partial charge in [-0.1, -0.05) is 12.1 Å². The maximum absolute atomic E-state index is 13.2. The van der Waals surface area contributed by atoms with Crippen LogP contribution >= 0.6 is 0 Å². The molecule has 5 heteroatoms. The van der Waals surface area contributed by atoms with Crippen LogP contribution in [-0.4, -0.2) is 17.0 Å². The van der Waals surface area contributed by atoms with E-state index in [0.29, 0.717) is 11.5 Å². The molecule has 0 unspecified atom stereocenters. The molecule has 0 spiro atoms. The van der Waals surface area contributed by atoms with Crippen LogP contribution < -0.4 is 10.1 Å². The van der Waals surface area contributed by atoms with Crippen LogP contribution in [0.2, 0.25) is 0 Å². The van der Waals surface area contributed by atoms with E-state index in [4.69, 9.17) is 4.74 Å². The van der Waals surface area contributed by atoms with Crippen LogP contribution in [0.3, 0.4) is 0 Å². The molecule has 88 valence electrons. The Morgan fingerprint density at radius 2 is 2.06 bits per heavy atom. The zero-order valence-electron chi connectivity index (χ0n) is 9.35. The fourth-order valence-electron chi connectivity index (χ4n) is 1.27. The van der Waals surface area contributed by atoms with Crippen LogP contribution in [-0.2, 0) is 6.61 Å². The Kier molecular flexibility index (Phi) is 3.49. The van der Waals surface area contributed by atoms with Crippen molar-refractivity contribution in [3.63, 3.8) is 0 Å². The number of ether oxygens (including phenoxy) is 1. The number of benzene rings is 1. The fourth-order valence-corrected chi connectivity index (χ4v) is 1.27. The van der Waals surface area contributed by atoms with E-state index in [1.54, 1.807) is 37.6 Å². The first kappa shape index (κ1) is 11.3. The molecule has 17 heavy (non-hydrogen) atoms. The number of hydrogen-bond donors (Lipinski definition) is 1. The number of hydrogen-bond acceptors (Lipinski definition) is 4. The molecule has 0 amide bonds. The molecule has 1 N–H and O–H groups in total. The SMILES string of the molecule is CNc1cnc(COc2ccccc2F)cn1. The topological polar surface area (TPSA) is 47.0 Å². The van der Waals surface area contributed by atoms with E-state index in [1.165, 1.54) is 6.07 Å². The molecule has 0 saturated carbocycles. The van der Waals surface area contributed by atoms with Crippen LogP contribution in [0.25, 0.3) is 0 Å². The molecule has 0 aliphatic rings. The van der Waals surface area contributed by atoms with Crippen LogP contribution in [0, 0.1) is 5.82 Å². The molecule has 1 aromatic carbocycles. The Hall–Kier alpha value is -2.17. The van der Waals surface area contributed by atoms with Crippen molar-refractivity contribution in [2.75, 3.05) is 12.4 Å². The zero-order chi connectivity index (χ0) is 12.1. The van der Waals surface area contributed by atoms with E-state index >= 15 is 0 Å². The minimum absolute atomic E-state index is 0.192. The average molecular weight is 233 g/mol. The molecular weight excluding hydrogens is 221 g/mol. The van der Waals surface area contributed by atoms with E-state index in [1.807, 2.05) is 0 Å². The first-order valence-electron chi connectivity index (χ1n) is 5.15. The number of nitrogens with zero attached hydrogens (tertiary/aromatic N) is 2. The summed E-state index contributed by atoms with van der Waals surface area (Å²) in [5.74, 6) is 0.513. The van der Waals surface area contributed by atoms with Gasteiger partial charge in [0, 0.05) is 7.05 Å². The van der Waals surface area contributed by atoms with E-state index in [0.717, 1.165) is 0 Å². The Labute approximate surface area is 98.5 Å². The quantitative estimate of drug-likeness (QED) is 0.879. The second-order valence-electron chi connectivity index (χ2n) is 3.36. The molecule has 0 fully saturated rings. The monoisotopic (exact) mass is 233 g/mol. The van der Waals surface area contributed by atoms with Gasteiger partial charge in [-0.05, 0) is 12.1 Å². The van der Waals surface area contributed by atoms with Gasteiger partial charge in [-0.15, -0.1) is 0 Å². The van der Waals surface area contributed by atoms with E-state index in [2.05, 4.69) is 15.3 Å². The van der Waals surface area contributed by atoms with Crippen molar-refractivity contribution in [1.29, 1.82) is 0 Å². The predicted molar refractivity (Wildman–Crippen MR) is 62.3 cm³/mol. The van der Waals surface area contributed by atoms with Crippen LogP contribution in [0.15, 0.2) is 36.7 Å². The van der Waals surface area contributed by atoms with Gasteiger partial charge in [0.25, 0.3) is 0 Å². The summed E-state index contributed by atoms with van der Waals surface area (Å²) in [5, 5.41) is 2.86. The van der Waals surface area contributed by atoms with Crippen LogP contribution in [0.4, 0.5) is 10.2 Å². The third kappa shape index (κ3) is 2.90. The van der Waals surface area contributed by atoms with Crippen molar-refractivity contribution in [1.82, 2.24) is 9.97 Å². The summed E-state index contributed by atoms with van der Waals surface area (Å²) in [5.41, 5.74) is 0.646. The standard InChI is InChI=1S/C12H12FN3O/c1-14-12-7-15-9(6-16-12)8-17-11-5-3-2-4-10(11)13/h2-7H,8H2,1H3,(H,14,16). The molecule has 0 aliphatic carbocycles. The van der Waals surface area contributed by atoms with Crippen molar-refractivity contribution < 1.29 is 9.13 Å². The van der Waals surface area contributed by atoms with Gasteiger partial charge in [0.15, 0.2) is 11.6 Å². The summed E-state index contributed by atoms with van der Waals surface area (Å²) in [6.07, 6.45) is 3.19. The van der Waals surface area contributed by atoms with Crippen molar-refractivity contribution in [2.45, 2.75) is 6.61 Å². The van der Waals surface area contributed by atoms with Gasteiger partial charge in [-0.25, -0.2) is 9.37 Å². The molecule has 4 nitrogen and oxygen atoms in total. The number of rotatable bonds is 4. The van der Waals surface area contributed by atoms with Crippen molar-refractivity contribution >= 4 is 5.82 Å². The molecule has 2 aromatic rings. The summed E-state index contributed by atoms with van der Waals surface area (Å²) in [6, 6.07) is 6.26. The molecule has 0 radical (unpaired) electrons. The highest BCUT2D eigenvalue weighted by Gasteiger charge is 2.02. The fraction of sp³-hybridized carbons (Fsp3) is 0.167. The van der Waals surface area contributed by atoms with Crippen LogP contribution in [0.1, 0.15) is 5.69 Å². The highest BCUT2D eigenvalue weighted by molar-refractivity contribution is 5.29. The lowest BCUT2D eigenvalue weighted by molar-refractivity contribution is 0.285. The third-order valence-electron chi connectivity index (χ3n) is 2.17. The molecule has 0 saturated heterocycles. The van der Waals surface area contributed by atoms with E-state index in [9.17, 15) is 4.39 Å². The number of para-hydroxylation sites is 1. The van der Waals surface area contributed by atoms with Gasteiger partial charge in [-0.3, -0.25) is 4.98 Å². The molecule has 1 heterocycles. The van der Waals surface area contributed by atoms with Crippen molar-refractivity contribution in [3.8, 4) is 5.75 Å². The second-order valence-corrected chi connectivity index (χ2v) is 3.36. The molecule has 2 rings (SSSR count). The predicted octanol–water partition coefficient (Wildman–Crippen LogP) is 2.24. The number of nitrogens with one attached hydrogen (secondary N) is 1. The molecule has 1 aromatic heterocycles. The average Bonchev–Trinajstić information content (AvgIpc) is 2.38. The second kappa shape index (κ2) is 5.25. The summed E-state index contributed by atoms with van der Waals surface area (Å²) < 4.78 is 18.5. The Balaban J connectivity index is 2.00. The lowest BCUT2D eigenvalue weighted by Gasteiger charge is -2.06. The number of aromatic nitrogens is 2. The van der Waals surface area contributed by atoms with E-state index < -0.39 is 0 Å². The molecule has 0 atom stereocenters. The van der Waals surface area contributed by atoms with Gasteiger partial charge >= 0.3 is 0 Å². The van der Waals surface area contributed by atoms with Crippen LogP contribution in [0.5, 0.6) is 5.75 Å². The maximum atomic E-state index is 13.2. The third-order valence-corrected chi connectivity index (χ3v) is 2.17. The number of anilines is 1. The highest BCUT2D eigenvalue weighted by atomic mass is 19.1. The molecule has 0 bridgehead atoms. The Bertz CT molecular complexity index is 487. The van der Waals surface area contributed by atoms with Gasteiger partial charge in [0.05, 0.1) is 18.1 Å². The van der Waals surface area contributed by atoms with Crippen molar-refractivity contribution in [2.24, 2.45) is 0 Å².